The third kappa shape index (κ3) is 3.56. The molecular weight excluding hydrogens is 474 g/mol. The summed E-state index contributed by atoms with van der Waals surface area (Å²) >= 11 is 11.7. The van der Waals surface area contributed by atoms with Crippen molar-refractivity contribution in [2.24, 2.45) is 0 Å². The smallest absolute Gasteiger partial charge is 0.301 e. The molecule has 0 saturated carbocycles. The quantitative estimate of drug-likeness (QED) is 0.509. The van der Waals surface area contributed by atoms with Crippen molar-refractivity contribution in [1.82, 2.24) is 0 Å². The number of ether oxygens (including phenoxy) is 2. The van der Waals surface area contributed by atoms with Crippen molar-refractivity contribution in [2.45, 2.75) is 0 Å². The molecule has 0 unspecified atom stereocenters. The zero-order valence-electron chi connectivity index (χ0n) is 12.8. The molecule has 0 radical (unpaired) electrons. The molecule has 2 aromatic rings. The Hall–Kier alpha value is -1.90. The highest BCUT2D eigenvalue weighted by Crippen LogP contribution is 2.35. The topological polar surface area (TPSA) is 59.0 Å². The molecule has 25 heavy (non-hydrogen) atoms. The molecule has 0 atom stereocenters. The first-order chi connectivity index (χ1) is 11.9. The predicted molar refractivity (Wildman–Crippen MR) is 106 cm³/mol. The maximum absolute atomic E-state index is 12.7. The fourth-order valence-electron chi connectivity index (χ4n) is 2.24. The van der Waals surface area contributed by atoms with Gasteiger partial charge in [0.15, 0.2) is 5.76 Å². The van der Waals surface area contributed by atoms with E-state index in [9.17, 15) is 9.90 Å². The second-order valence-electron chi connectivity index (χ2n) is 5.05. The SMILES string of the molecule is COc1ccc(N2C(=O)C(=Cc3cc(Br)c(O)c(Br)c3)OC2=S)cc1. The number of rotatable bonds is 3. The second-order valence-corrected chi connectivity index (χ2v) is 7.11. The van der Waals surface area contributed by atoms with Crippen LogP contribution in [-0.4, -0.2) is 23.3 Å². The van der Waals surface area contributed by atoms with Crippen molar-refractivity contribution in [3.05, 3.63) is 56.7 Å². The number of hydrogen-bond donors (Lipinski definition) is 1. The molecule has 1 heterocycles. The van der Waals surface area contributed by atoms with Gasteiger partial charge in [-0.05, 0) is 92.1 Å². The minimum Gasteiger partial charge on any atom is -0.506 e. The number of carbonyl (C=O) groups excluding carboxylic acids is 1. The summed E-state index contributed by atoms with van der Waals surface area (Å²) in [5, 5.41) is 9.82. The van der Waals surface area contributed by atoms with E-state index in [1.165, 1.54) is 4.90 Å². The molecule has 0 bridgehead atoms. The van der Waals surface area contributed by atoms with Gasteiger partial charge in [0.25, 0.3) is 5.17 Å². The number of phenolic OH excluding ortho intramolecular Hbond substituents is 1. The highest BCUT2D eigenvalue weighted by Gasteiger charge is 2.34. The third-order valence-electron chi connectivity index (χ3n) is 3.46. The molecule has 0 aromatic heterocycles. The van der Waals surface area contributed by atoms with Gasteiger partial charge in [0, 0.05) is 0 Å². The number of phenols is 1. The van der Waals surface area contributed by atoms with Gasteiger partial charge < -0.3 is 14.6 Å². The Kier molecular flexibility index (Phi) is 5.12. The van der Waals surface area contributed by atoms with E-state index in [4.69, 9.17) is 21.7 Å². The number of carbonyl (C=O) groups is 1. The Morgan fingerprint density at radius 1 is 1.20 bits per heavy atom. The molecule has 1 fully saturated rings. The number of thiocarbonyl (C=S) groups is 1. The van der Waals surface area contributed by atoms with Crippen molar-refractivity contribution >= 4 is 66.9 Å². The maximum atomic E-state index is 12.7. The normalized spacial score (nSPS) is 15.6. The van der Waals surface area contributed by atoms with E-state index in [1.807, 2.05) is 0 Å². The minimum atomic E-state index is -0.365. The summed E-state index contributed by atoms with van der Waals surface area (Å²) in [4.78, 5) is 14.0. The molecule has 8 heteroatoms. The summed E-state index contributed by atoms with van der Waals surface area (Å²) in [7, 11) is 1.57. The summed E-state index contributed by atoms with van der Waals surface area (Å²) in [5.74, 6) is 0.494. The highest BCUT2D eigenvalue weighted by atomic mass is 79.9. The van der Waals surface area contributed by atoms with Gasteiger partial charge in [-0.1, -0.05) is 0 Å². The molecular formula is C17H11Br2NO4S. The molecule has 5 nitrogen and oxygen atoms in total. The van der Waals surface area contributed by atoms with Crippen molar-refractivity contribution in [3.63, 3.8) is 0 Å². The van der Waals surface area contributed by atoms with Gasteiger partial charge in [0.2, 0.25) is 0 Å². The van der Waals surface area contributed by atoms with Crippen molar-refractivity contribution in [1.29, 1.82) is 0 Å². The Labute approximate surface area is 166 Å². The molecule has 1 aliphatic heterocycles. The van der Waals surface area contributed by atoms with E-state index in [-0.39, 0.29) is 22.6 Å². The van der Waals surface area contributed by atoms with Crippen molar-refractivity contribution in [2.75, 3.05) is 12.0 Å². The van der Waals surface area contributed by atoms with Gasteiger partial charge in [-0.3, -0.25) is 4.79 Å². The second kappa shape index (κ2) is 7.15. The largest absolute Gasteiger partial charge is 0.506 e. The molecule has 128 valence electrons. The van der Waals surface area contributed by atoms with E-state index >= 15 is 0 Å². The number of anilines is 1. The maximum Gasteiger partial charge on any atom is 0.301 e. The van der Waals surface area contributed by atoms with Crippen LogP contribution in [0.3, 0.4) is 0 Å². The number of aromatic hydroxyl groups is 1. The first kappa shape index (κ1) is 17.9. The lowest BCUT2D eigenvalue weighted by Gasteiger charge is -2.12. The van der Waals surface area contributed by atoms with Crippen LogP contribution in [0, 0.1) is 0 Å². The van der Waals surface area contributed by atoms with Gasteiger partial charge in [0.1, 0.15) is 11.5 Å². The number of nitrogens with zero attached hydrogens (tertiary/aromatic N) is 1. The standard InChI is InChI=1S/C17H11Br2NO4S/c1-23-11-4-2-10(3-5-11)20-16(22)14(24-17(20)25)8-9-6-12(18)15(21)13(19)7-9/h2-8,21H,1H3. The van der Waals surface area contributed by atoms with E-state index in [2.05, 4.69) is 31.9 Å². The van der Waals surface area contributed by atoms with Gasteiger partial charge in [0.05, 0.1) is 21.7 Å². The molecule has 1 aliphatic rings. The lowest BCUT2D eigenvalue weighted by molar-refractivity contribution is -0.114. The predicted octanol–water partition coefficient (Wildman–Crippen LogP) is 4.62. The Morgan fingerprint density at radius 3 is 2.36 bits per heavy atom. The van der Waals surface area contributed by atoms with Gasteiger partial charge in [-0.25, -0.2) is 4.90 Å². The van der Waals surface area contributed by atoms with Crippen LogP contribution >= 0.6 is 44.1 Å². The van der Waals surface area contributed by atoms with Gasteiger partial charge in [-0.15, -0.1) is 0 Å². The lowest BCUT2D eigenvalue weighted by Crippen LogP contribution is -2.27. The van der Waals surface area contributed by atoms with Crippen LogP contribution in [0.25, 0.3) is 6.08 Å². The number of amides is 1. The molecule has 0 aliphatic carbocycles. The van der Waals surface area contributed by atoms with E-state index in [0.29, 0.717) is 25.9 Å². The monoisotopic (exact) mass is 483 g/mol. The fraction of sp³-hybridized carbons (Fsp3) is 0.0588. The van der Waals surface area contributed by atoms with Crippen LogP contribution in [0.15, 0.2) is 51.1 Å². The third-order valence-corrected chi connectivity index (χ3v) is 4.94. The average molecular weight is 485 g/mol. The minimum absolute atomic E-state index is 0.0540. The molecule has 2 aromatic carbocycles. The zero-order valence-corrected chi connectivity index (χ0v) is 16.8. The summed E-state index contributed by atoms with van der Waals surface area (Å²) < 4.78 is 11.6. The van der Waals surface area contributed by atoms with Crippen LogP contribution < -0.4 is 9.64 Å². The summed E-state index contributed by atoms with van der Waals surface area (Å²) in [6.07, 6.45) is 1.56. The highest BCUT2D eigenvalue weighted by molar-refractivity contribution is 9.11. The van der Waals surface area contributed by atoms with E-state index in [1.54, 1.807) is 49.6 Å². The summed E-state index contributed by atoms with van der Waals surface area (Å²) in [6.45, 7) is 0. The first-order valence-corrected chi connectivity index (χ1v) is 9.00. The van der Waals surface area contributed by atoms with Crippen LogP contribution in [0.1, 0.15) is 5.56 Å². The van der Waals surface area contributed by atoms with Crippen molar-refractivity contribution in [3.8, 4) is 11.5 Å². The first-order valence-electron chi connectivity index (χ1n) is 7.00. The summed E-state index contributed by atoms with van der Waals surface area (Å²) in [5.41, 5.74) is 1.26. The Bertz CT molecular complexity index is 873. The van der Waals surface area contributed by atoms with E-state index < -0.39 is 0 Å². The Balaban J connectivity index is 1.92. The lowest BCUT2D eigenvalue weighted by atomic mass is 10.2. The van der Waals surface area contributed by atoms with Crippen molar-refractivity contribution < 1.29 is 19.4 Å². The Morgan fingerprint density at radius 2 is 1.80 bits per heavy atom. The fourth-order valence-corrected chi connectivity index (χ4v) is 3.74. The molecule has 1 amide bonds. The van der Waals surface area contributed by atoms with Crippen LogP contribution in [0.2, 0.25) is 0 Å². The molecule has 0 spiro atoms. The van der Waals surface area contributed by atoms with Gasteiger partial charge >= 0.3 is 5.91 Å². The van der Waals surface area contributed by atoms with Gasteiger partial charge in [-0.2, -0.15) is 0 Å². The van der Waals surface area contributed by atoms with Crippen LogP contribution in [-0.2, 0) is 9.53 Å². The number of benzene rings is 2. The van der Waals surface area contributed by atoms with E-state index in [0.717, 1.165) is 0 Å². The molecule has 1 saturated heterocycles. The average Bonchev–Trinajstić information content (AvgIpc) is 2.86. The van der Waals surface area contributed by atoms with Crippen LogP contribution in [0.5, 0.6) is 11.5 Å². The van der Waals surface area contributed by atoms with Crippen LogP contribution in [0.4, 0.5) is 5.69 Å². The zero-order chi connectivity index (χ0) is 18.1. The number of methoxy groups -OCH3 is 1. The molecule has 3 rings (SSSR count). The molecule has 1 N–H and O–H groups in total. The number of halogens is 2. The number of hydrogen-bond acceptors (Lipinski definition) is 5. The summed E-state index contributed by atoms with van der Waals surface area (Å²) in [6, 6.07) is 10.3.